The van der Waals surface area contributed by atoms with Crippen molar-refractivity contribution in [3.63, 3.8) is 0 Å². The van der Waals surface area contributed by atoms with Crippen LogP contribution >= 0.6 is 0 Å². The highest BCUT2D eigenvalue weighted by molar-refractivity contribution is 5.79. The van der Waals surface area contributed by atoms with Crippen LogP contribution in [0.25, 0.3) is 0 Å². The van der Waals surface area contributed by atoms with Gasteiger partial charge in [-0.25, -0.2) is 0 Å². The van der Waals surface area contributed by atoms with Crippen molar-refractivity contribution in [2.24, 2.45) is 5.92 Å². The van der Waals surface area contributed by atoms with Crippen molar-refractivity contribution in [1.82, 2.24) is 10.2 Å². The van der Waals surface area contributed by atoms with Crippen LogP contribution in [0.4, 0.5) is 0 Å². The molecule has 1 aliphatic carbocycles. The van der Waals surface area contributed by atoms with E-state index in [-0.39, 0.29) is 5.92 Å². The summed E-state index contributed by atoms with van der Waals surface area (Å²) in [6.45, 7) is 2.61. The molecule has 1 aliphatic heterocycles. The zero-order chi connectivity index (χ0) is 14.7. The van der Waals surface area contributed by atoms with E-state index in [1.165, 1.54) is 5.56 Å². The van der Waals surface area contributed by atoms with E-state index < -0.39 is 0 Å². The molecule has 1 heterocycles. The standard InChI is InChI=1S/C17H24N2O2/c1-21-16-8-4-13(5-9-16)12-19(15-6-7-15)17(20)14-3-2-10-18-11-14/h4-5,8-9,14-15,18H,2-3,6-7,10-12H2,1H3/t14-/m0/s1. The molecule has 1 saturated heterocycles. The van der Waals surface area contributed by atoms with Gasteiger partial charge in [-0.05, 0) is 49.9 Å². The first-order chi connectivity index (χ1) is 10.3. The third-order valence-corrected chi connectivity index (χ3v) is 4.43. The minimum atomic E-state index is 0.164. The van der Waals surface area contributed by atoms with Crippen LogP contribution in [-0.4, -0.2) is 37.0 Å². The monoisotopic (exact) mass is 288 g/mol. The second kappa shape index (κ2) is 6.48. The summed E-state index contributed by atoms with van der Waals surface area (Å²) in [4.78, 5) is 14.9. The van der Waals surface area contributed by atoms with E-state index in [1.807, 2.05) is 12.1 Å². The van der Waals surface area contributed by atoms with E-state index in [1.54, 1.807) is 7.11 Å². The first-order valence-electron chi connectivity index (χ1n) is 7.92. The van der Waals surface area contributed by atoms with Crippen LogP contribution in [0.3, 0.4) is 0 Å². The lowest BCUT2D eigenvalue weighted by Crippen LogP contribution is -2.43. The number of nitrogens with zero attached hydrogens (tertiary/aromatic N) is 1. The Kier molecular flexibility index (Phi) is 4.44. The number of hydrogen-bond donors (Lipinski definition) is 1. The Balaban J connectivity index is 1.67. The number of amides is 1. The van der Waals surface area contributed by atoms with Crippen molar-refractivity contribution in [3.8, 4) is 5.75 Å². The number of benzene rings is 1. The zero-order valence-electron chi connectivity index (χ0n) is 12.7. The molecule has 0 unspecified atom stereocenters. The molecule has 0 aromatic heterocycles. The van der Waals surface area contributed by atoms with Crippen LogP contribution < -0.4 is 10.1 Å². The highest BCUT2D eigenvalue weighted by atomic mass is 16.5. The molecule has 1 saturated carbocycles. The Hall–Kier alpha value is -1.55. The number of carbonyl (C=O) groups excluding carboxylic acids is 1. The summed E-state index contributed by atoms with van der Waals surface area (Å²) in [5.74, 6) is 1.36. The molecule has 1 N–H and O–H groups in total. The van der Waals surface area contributed by atoms with Crippen LogP contribution in [0, 0.1) is 5.92 Å². The van der Waals surface area contributed by atoms with Crippen molar-refractivity contribution < 1.29 is 9.53 Å². The molecule has 1 atom stereocenters. The maximum Gasteiger partial charge on any atom is 0.227 e. The number of methoxy groups -OCH3 is 1. The summed E-state index contributed by atoms with van der Waals surface area (Å²) >= 11 is 0. The van der Waals surface area contributed by atoms with Gasteiger partial charge in [0, 0.05) is 19.1 Å². The van der Waals surface area contributed by atoms with E-state index in [2.05, 4.69) is 22.3 Å². The summed E-state index contributed by atoms with van der Waals surface area (Å²) in [6, 6.07) is 8.50. The van der Waals surface area contributed by atoms with Gasteiger partial charge < -0.3 is 15.0 Å². The average Bonchev–Trinajstić information content (AvgIpc) is 3.38. The van der Waals surface area contributed by atoms with Crippen molar-refractivity contribution in [1.29, 1.82) is 0 Å². The summed E-state index contributed by atoms with van der Waals surface area (Å²) in [6.07, 6.45) is 4.44. The summed E-state index contributed by atoms with van der Waals surface area (Å²) in [5, 5.41) is 3.34. The predicted octanol–water partition coefficient (Wildman–Crippen LogP) is 2.19. The van der Waals surface area contributed by atoms with Crippen molar-refractivity contribution in [3.05, 3.63) is 29.8 Å². The summed E-state index contributed by atoms with van der Waals surface area (Å²) in [7, 11) is 1.67. The third-order valence-electron chi connectivity index (χ3n) is 4.43. The van der Waals surface area contributed by atoms with Gasteiger partial charge in [-0.1, -0.05) is 12.1 Å². The van der Waals surface area contributed by atoms with E-state index in [4.69, 9.17) is 4.74 Å². The van der Waals surface area contributed by atoms with Gasteiger partial charge >= 0.3 is 0 Å². The van der Waals surface area contributed by atoms with Gasteiger partial charge in [-0.2, -0.15) is 0 Å². The molecule has 0 spiro atoms. The molecule has 2 fully saturated rings. The largest absolute Gasteiger partial charge is 0.497 e. The molecule has 2 aliphatic rings. The lowest BCUT2D eigenvalue weighted by Gasteiger charge is -2.30. The van der Waals surface area contributed by atoms with Crippen LogP contribution in [0.15, 0.2) is 24.3 Å². The maximum atomic E-state index is 12.8. The first-order valence-corrected chi connectivity index (χ1v) is 7.92. The molecule has 1 aromatic rings. The fourth-order valence-corrected chi connectivity index (χ4v) is 3.00. The molecular weight excluding hydrogens is 264 g/mol. The quantitative estimate of drug-likeness (QED) is 0.903. The molecule has 3 rings (SSSR count). The fourth-order valence-electron chi connectivity index (χ4n) is 3.00. The SMILES string of the molecule is COc1ccc(CN(C(=O)[C@H]2CCCNC2)C2CC2)cc1. The summed E-state index contributed by atoms with van der Waals surface area (Å²) in [5.41, 5.74) is 1.18. The Morgan fingerprint density at radius 1 is 1.29 bits per heavy atom. The van der Waals surface area contributed by atoms with Gasteiger partial charge in [-0.3, -0.25) is 4.79 Å². The molecule has 4 heteroatoms. The van der Waals surface area contributed by atoms with Gasteiger partial charge in [-0.15, -0.1) is 0 Å². The van der Waals surface area contributed by atoms with Gasteiger partial charge in [0.1, 0.15) is 5.75 Å². The molecule has 114 valence electrons. The molecule has 0 bridgehead atoms. The molecule has 4 nitrogen and oxygen atoms in total. The Bertz CT molecular complexity index is 476. The lowest BCUT2D eigenvalue weighted by molar-refractivity contribution is -0.137. The minimum Gasteiger partial charge on any atom is -0.497 e. The molecular formula is C17H24N2O2. The van der Waals surface area contributed by atoms with Gasteiger partial charge in [0.15, 0.2) is 0 Å². The minimum absolute atomic E-state index is 0.164. The molecule has 1 aromatic carbocycles. The van der Waals surface area contributed by atoms with Crippen LogP contribution in [-0.2, 0) is 11.3 Å². The van der Waals surface area contributed by atoms with Crippen LogP contribution in [0.1, 0.15) is 31.2 Å². The summed E-state index contributed by atoms with van der Waals surface area (Å²) < 4.78 is 5.19. The average molecular weight is 288 g/mol. The van der Waals surface area contributed by atoms with Gasteiger partial charge in [0.2, 0.25) is 5.91 Å². The Morgan fingerprint density at radius 2 is 2.05 bits per heavy atom. The topological polar surface area (TPSA) is 41.6 Å². The highest BCUT2D eigenvalue weighted by Crippen LogP contribution is 2.31. The smallest absolute Gasteiger partial charge is 0.227 e. The number of ether oxygens (including phenoxy) is 1. The number of nitrogens with one attached hydrogen (secondary N) is 1. The second-order valence-electron chi connectivity index (χ2n) is 6.09. The number of hydrogen-bond acceptors (Lipinski definition) is 3. The van der Waals surface area contributed by atoms with E-state index >= 15 is 0 Å². The molecule has 0 radical (unpaired) electrons. The lowest BCUT2D eigenvalue weighted by atomic mass is 9.97. The zero-order valence-corrected chi connectivity index (χ0v) is 12.7. The third kappa shape index (κ3) is 3.56. The maximum absolute atomic E-state index is 12.8. The Labute approximate surface area is 126 Å². The fraction of sp³-hybridized carbons (Fsp3) is 0.588. The van der Waals surface area contributed by atoms with Crippen LogP contribution in [0.2, 0.25) is 0 Å². The second-order valence-corrected chi connectivity index (χ2v) is 6.09. The van der Waals surface area contributed by atoms with Gasteiger partial charge in [0.05, 0.1) is 13.0 Å². The van der Waals surface area contributed by atoms with Crippen molar-refractivity contribution in [2.75, 3.05) is 20.2 Å². The molecule has 1 amide bonds. The van der Waals surface area contributed by atoms with Gasteiger partial charge in [0.25, 0.3) is 0 Å². The van der Waals surface area contributed by atoms with Crippen molar-refractivity contribution in [2.45, 2.75) is 38.3 Å². The van der Waals surface area contributed by atoms with Crippen molar-refractivity contribution >= 4 is 5.91 Å². The molecule has 21 heavy (non-hydrogen) atoms. The van der Waals surface area contributed by atoms with E-state index in [0.717, 1.165) is 51.1 Å². The highest BCUT2D eigenvalue weighted by Gasteiger charge is 2.36. The number of carbonyl (C=O) groups is 1. The Morgan fingerprint density at radius 3 is 2.62 bits per heavy atom. The van der Waals surface area contributed by atoms with Crippen LogP contribution in [0.5, 0.6) is 5.75 Å². The number of rotatable bonds is 5. The van der Waals surface area contributed by atoms with E-state index in [9.17, 15) is 4.79 Å². The normalized spacial score (nSPS) is 21.9. The predicted molar refractivity (Wildman–Crippen MR) is 82.2 cm³/mol. The first kappa shape index (κ1) is 14.4. The number of piperidine rings is 1. The van der Waals surface area contributed by atoms with E-state index in [0.29, 0.717) is 11.9 Å².